The van der Waals surface area contributed by atoms with Crippen molar-refractivity contribution in [2.24, 2.45) is 11.8 Å². The van der Waals surface area contributed by atoms with Crippen LogP contribution in [0.15, 0.2) is 23.1 Å². The van der Waals surface area contributed by atoms with Crippen molar-refractivity contribution in [3.8, 4) is 17.6 Å². The SMILES string of the molecule is CCC(=O)N(C)C[C@H]1Oc2cc(C#CC3CC3)ccc2S(=O)(=O)N([C@H](C)CO)C[C@@H]1C. The number of aliphatic hydroxyl groups is 1. The Balaban J connectivity index is 2.04. The van der Waals surface area contributed by atoms with Gasteiger partial charge in [-0.1, -0.05) is 25.7 Å². The summed E-state index contributed by atoms with van der Waals surface area (Å²) in [6.07, 6.45) is 2.19. The number of rotatable bonds is 5. The third-order valence-electron chi connectivity index (χ3n) is 5.85. The summed E-state index contributed by atoms with van der Waals surface area (Å²) >= 11 is 0. The zero-order valence-electron chi connectivity index (χ0n) is 18.7. The van der Waals surface area contributed by atoms with E-state index >= 15 is 0 Å². The van der Waals surface area contributed by atoms with E-state index in [4.69, 9.17) is 4.74 Å². The Morgan fingerprint density at radius 2 is 2.10 bits per heavy atom. The molecule has 1 aromatic rings. The number of ether oxygens (including phenoxy) is 1. The van der Waals surface area contributed by atoms with Crippen LogP contribution >= 0.6 is 0 Å². The van der Waals surface area contributed by atoms with Gasteiger partial charge in [-0.25, -0.2) is 8.42 Å². The van der Waals surface area contributed by atoms with Gasteiger partial charge < -0.3 is 14.7 Å². The number of benzene rings is 1. The van der Waals surface area contributed by atoms with E-state index in [-0.39, 0.29) is 35.6 Å². The number of fused-ring (bicyclic) bond motifs is 1. The number of hydrogen-bond acceptors (Lipinski definition) is 5. The standard InChI is InChI=1S/C23H32N2O5S/c1-5-23(27)24(4)14-21-16(2)13-25(17(3)15-26)31(28,29)22-11-10-19(12-20(22)30-21)9-8-18-6-7-18/h10-12,16-18,21,26H,5-7,13-15H2,1-4H3/t16-,17+,21+/m0/s1. The number of sulfonamides is 1. The van der Waals surface area contributed by atoms with E-state index in [1.54, 1.807) is 37.9 Å². The fourth-order valence-corrected chi connectivity index (χ4v) is 5.40. The summed E-state index contributed by atoms with van der Waals surface area (Å²) in [5.74, 6) is 6.76. The second kappa shape index (κ2) is 9.60. The van der Waals surface area contributed by atoms with E-state index in [0.29, 0.717) is 24.4 Å². The Kier molecular flexibility index (Phi) is 7.30. The number of carbonyl (C=O) groups is 1. The molecular weight excluding hydrogens is 416 g/mol. The molecular formula is C23H32N2O5S. The van der Waals surface area contributed by atoms with Crippen molar-refractivity contribution in [1.29, 1.82) is 0 Å². The highest BCUT2D eigenvalue weighted by Crippen LogP contribution is 2.34. The quantitative estimate of drug-likeness (QED) is 0.697. The molecule has 0 bridgehead atoms. The Morgan fingerprint density at radius 3 is 2.71 bits per heavy atom. The van der Waals surface area contributed by atoms with Crippen LogP contribution < -0.4 is 4.74 Å². The van der Waals surface area contributed by atoms with E-state index in [1.165, 1.54) is 10.4 Å². The summed E-state index contributed by atoms with van der Waals surface area (Å²) in [5, 5.41) is 9.70. The molecule has 170 valence electrons. The van der Waals surface area contributed by atoms with Crippen molar-refractivity contribution < 1.29 is 23.1 Å². The lowest BCUT2D eigenvalue weighted by Gasteiger charge is -2.37. The second-order valence-corrected chi connectivity index (χ2v) is 10.4. The minimum absolute atomic E-state index is 0.00432. The molecule has 3 rings (SSSR count). The second-order valence-electron chi connectivity index (χ2n) is 8.57. The molecule has 1 aromatic carbocycles. The Bertz CT molecular complexity index is 977. The van der Waals surface area contributed by atoms with Gasteiger partial charge in [-0.15, -0.1) is 0 Å². The summed E-state index contributed by atoms with van der Waals surface area (Å²) < 4.78 is 34.4. The zero-order valence-corrected chi connectivity index (χ0v) is 19.5. The molecule has 3 atom stereocenters. The monoisotopic (exact) mass is 448 g/mol. The number of amides is 1. The molecule has 1 fully saturated rings. The maximum atomic E-state index is 13.4. The van der Waals surface area contributed by atoms with Gasteiger partial charge in [0.05, 0.1) is 13.2 Å². The normalized spacial score (nSPS) is 23.9. The van der Waals surface area contributed by atoms with Crippen molar-refractivity contribution >= 4 is 15.9 Å². The first-order valence-electron chi connectivity index (χ1n) is 10.9. The van der Waals surface area contributed by atoms with Gasteiger partial charge in [0.1, 0.15) is 16.7 Å². The third kappa shape index (κ3) is 5.40. The fourth-order valence-electron chi connectivity index (χ4n) is 3.58. The Hall–Kier alpha value is -2.08. The molecule has 1 saturated carbocycles. The smallest absolute Gasteiger partial charge is 0.247 e. The number of aliphatic hydroxyl groups excluding tert-OH is 1. The van der Waals surface area contributed by atoms with Crippen LogP contribution in [0.5, 0.6) is 5.75 Å². The number of likely N-dealkylation sites (N-methyl/N-ethyl adjacent to an activating group) is 1. The predicted molar refractivity (Wildman–Crippen MR) is 118 cm³/mol. The average Bonchev–Trinajstić information content (AvgIpc) is 3.57. The molecule has 0 radical (unpaired) electrons. The van der Waals surface area contributed by atoms with Crippen molar-refractivity contribution in [2.45, 2.75) is 57.1 Å². The van der Waals surface area contributed by atoms with Gasteiger partial charge >= 0.3 is 0 Å². The van der Waals surface area contributed by atoms with E-state index < -0.39 is 22.2 Å². The first kappa shape index (κ1) is 23.6. The molecule has 1 amide bonds. The van der Waals surface area contributed by atoms with Gasteiger partial charge in [0, 0.05) is 43.5 Å². The highest BCUT2D eigenvalue weighted by Gasteiger charge is 2.38. The molecule has 1 heterocycles. The van der Waals surface area contributed by atoms with Gasteiger partial charge in [0.15, 0.2) is 0 Å². The third-order valence-corrected chi connectivity index (χ3v) is 7.87. The fraction of sp³-hybridized carbons (Fsp3) is 0.609. The lowest BCUT2D eigenvalue weighted by molar-refractivity contribution is -0.131. The van der Waals surface area contributed by atoms with Crippen LogP contribution in [-0.2, 0) is 14.8 Å². The Morgan fingerprint density at radius 1 is 1.39 bits per heavy atom. The topological polar surface area (TPSA) is 87.2 Å². The maximum absolute atomic E-state index is 13.4. The minimum atomic E-state index is -3.88. The molecule has 1 aliphatic heterocycles. The molecule has 31 heavy (non-hydrogen) atoms. The number of nitrogens with zero attached hydrogens (tertiary/aromatic N) is 2. The summed E-state index contributed by atoms with van der Waals surface area (Å²) in [7, 11) is -2.15. The highest BCUT2D eigenvalue weighted by molar-refractivity contribution is 7.89. The first-order valence-corrected chi connectivity index (χ1v) is 12.3. The minimum Gasteiger partial charge on any atom is -0.487 e. The molecule has 1 aliphatic carbocycles. The molecule has 0 aromatic heterocycles. The molecule has 0 unspecified atom stereocenters. The van der Waals surface area contributed by atoms with Gasteiger partial charge in [-0.05, 0) is 38.0 Å². The van der Waals surface area contributed by atoms with E-state index in [2.05, 4.69) is 11.8 Å². The van der Waals surface area contributed by atoms with Gasteiger partial charge in [0.2, 0.25) is 15.9 Å². The summed E-state index contributed by atoms with van der Waals surface area (Å²) in [6, 6.07) is 4.33. The predicted octanol–water partition coefficient (Wildman–Crippen LogP) is 2.09. The van der Waals surface area contributed by atoms with Crippen molar-refractivity contribution in [1.82, 2.24) is 9.21 Å². The van der Waals surface area contributed by atoms with E-state index in [9.17, 15) is 18.3 Å². The first-order chi connectivity index (χ1) is 14.7. The zero-order chi connectivity index (χ0) is 22.8. The van der Waals surface area contributed by atoms with Gasteiger partial charge in [-0.2, -0.15) is 4.31 Å². The molecule has 1 N–H and O–H groups in total. The van der Waals surface area contributed by atoms with Crippen LogP contribution in [0.4, 0.5) is 0 Å². The maximum Gasteiger partial charge on any atom is 0.247 e. The largest absolute Gasteiger partial charge is 0.487 e. The van der Waals surface area contributed by atoms with Crippen LogP contribution in [0, 0.1) is 23.7 Å². The highest BCUT2D eigenvalue weighted by atomic mass is 32.2. The van der Waals surface area contributed by atoms with Crippen LogP contribution in [0.2, 0.25) is 0 Å². The van der Waals surface area contributed by atoms with Gasteiger partial charge in [0.25, 0.3) is 0 Å². The van der Waals surface area contributed by atoms with Gasteiger partial charge in [-0.3, -0.25) is 4.79 Å². The lowest BCUT2D eigenvalue weighted by Crippen LogP contribution is -2.50. The average molecular weight is 449 g/mol. The van der Waals surface area contributed by atoms with Crippen LogP contribution in [0.3, 0.4) is 0 Å². The molecule has 8 heteroatoms. The lowest BCUT2D eigenvalue weighted by atomic mass is 10.0. The molecule has 7 nitrogen and oxygen atoms in total. The Labute approximate surface area is 185 Å². The molecule has 0 spiro atoms. The van der Waals surface area contributed by atoms with E-state index in [1.807, 2.05) is 6.92 Å². The summed E-state index contributed by atoms with van der Waals surface area (Å²) in [4.78, 5) is 13.8. The van der Waals surface area contributed by atoms with Crippen molar-refractivity contribution in [2.75, 3.05) is 26.7 Å². The van der Waals surface area contributed by atoms with Crippen LogP contribution in [-0.4, -0.2) is 67.5 Å². The summed E-state index contributed by atoms with van der Waals surface area (Å²) in [5.41, 5.74) is 0.701. The van der Waals surface area contributed by atoms with Crippen molar-refractivity contribution in [3.63, 3.8) is 0 Å². The van der Waals surface area contributed by atoms with Crippen LogP contribution in [0.1, 0.15) is 45.6 Å². The van der Waals surface area contributed by atoms with Crippen LogP contribution in [0.25, 0.3) is 0 Å². The number of carbonyl (C=O) groups excluding carboxylic acids is 1. The molecule has 0 saturated heterocycles. The number of hydrogen-bond donors (Lipinski definition) is 1. The summed E-state index contributed by atoms with van der Waals surface area (Å²) in [6.45, 7) is 5.63. The van der Waals surface area contributed by atoms with E-state index in [0.717, 1.165) is 12.8 Å². The molecule has 2 aliphatic rings. The van der Waals surface area contributed by atoms with Crippen molar-refractivity contribution in [3.05, 3.63) is 23.8 Å².